The van der Waals surface area contributed by atoms with Crippen molar-refractivity contribution in [3.63, 3.8) is 0 Å². The first-order valence-electron chi connectivity index (χ1n) is 7.00. The van der Waals surface area contributed by atoms with Crippen molar-refractivity contribution in [2.45, 2.75) is 26.8 Å². The summed E-state index contributed by atoms with van der Waals surface area (Å²) in [6, 6.07) is 19.2. The molecular formula is C18H23N. The summed E-state index contributed by atoms with van der Waals surface area (Å²) in [7, 11) is 0. The zero-order valence-electron chi connectivity index (χ0n) is 12.0. The van der Waals surface area contributed by atoms with Crippen molar-refractivity contribution in [1.29, 1.82) is 0 Å². The Bertz CT molecular complexity index is 499. The molecule has 0 aromatic heterocycles. The van der Waals surface area contributed by atoms with Crippen LogP contribution in [-0.4, -0.2) is 0 Å². The molecule has 2 aromatic carbocycles. The number of benzene rings is 2. The highest BCUT2D eigenvalue weighted by molar-refractivity contribution is 5.63. The summed E-state index contributed by atoms with van der Waals surface area (Å²) in [4.78, 5) is 0. The summed E-state index contributed by atoms with van der Waals surface area (Å²) in [5.41, 5.74) is 10.0. The monoisotopic (exact) mass is 253 g/mol. The van der Waals surface area contributed by atoms with Gasteiger partial charge in [-0.25, -0.2) is 0 Å². The van der Waals surface area contributed by atoms with E-state index in [0.29, 0.717) is 11.8 Å². The molecule has 0 aliphatic heterocycles. The Kier molecular flexibility index (Phi) is 4.39. The van der Waals surface area contributed by atoms with Gasteiger partial charge in [-0.05, 0) is 28.5 Å². The molecule has 0 amide bonds. The van der Waals surface area contributed by atoms with Crippen molar-refractivity contribution in [3.8, 4) is 11.1 Å². The molecule has 1 nitrogen and oxygen atoms in total. The van der Waals surface area contributed by atoms with E-state index in [2.05, 4.69) is 69.3 Å². The third-order valence-electron chi connectivity index (χ3n) is 4.02. The molecule has 0 saturated carbocycles. The van der Waals surface area contributed by atoms with Crippen LogP contribution in [0.4, 0.5) is 0 Å². The predicted molar refractivity (Wildman–Crippen MR) is 82.8 cm³/mol. The van der Waals surface area contributed by atoms with Crippen LogP contribution in [0.15, 0.2) is 54.6 Å². The third-order valence-corrected chi connectivity index (χ3v) is 4.02. The van der Waals surface area contributed by atoms with Gasteiger partial charge in [-0.1, -0.05) is 75.4 Å². The molecule has 19 heavy (non-hydrogen) atoms. The Morgan fingerprint density at radius 2 is 1.26 bits per heavy atom. The van der Waals surface area contributed by atoms with Crippen LogP contribution in [0.2, 0.25) is 0 Å². The zero-order valence-corrected chi connectivity index (χ0v) is 12.0. The smallest absolute Gasteiger partial charge is 0.0323 e. The van der Waals surface area contributed by atoms with Crippen LogP contribution in [0.5, 0.6) is 0 Å². The lowest BCUT2D eigenvalue weighted by Crippen LogP contribution is -2.22. The minimum absolute atomic E-state index is 0.116. The van der Waals surface area contributed by atoms with E-state index in [1.165, 1.54) is 16.7 Å². The predicted octanol–water partition coefficient (Wildman–Crippen LogP) is 4.65. The Morgan fingerprint density at radius 3 is 1.79 bits per heavy atom. The number of nitrogens with two attached hydrogens (primary N) is 1. The molecule has 2 aromatic rings. The molecule has 0 fully saturated rings. The molecule has 0 aliphatic carbocycles. The average Bonchev–Trinajstić information content (AvgIpc) is 2.46. The zero-order chi connectivity index (χ0) is 13.8. The van der Waals surface area contributed by atoms with E-state index in [1.807, 2.05) is 6.07 Å². The van der Waals surface area contributed by atoms with Crippen LogP contribution < -0.4 is 5.73 Å². The summed E-state index contributed by atoms with van der Waals surface area (Å²) >= 11 is 0. The fourth-order valence-electron chi connectivity index (χ4n) is 2.25. The van der Waals surface area contributed by atoms with Gasteiger partial charge in [-0.15, -0.1) is 0 Å². The van der Waals surface area contributed by atoms with E-state index in [9.17, 15) is 0 Å². The molecule has 2 N–H and O–H groups in total. The molecule has 2 unspecified atom stereocenters. The molecular weight excluding hydrogens is 230 g/mol. The van der Waals surface area contributed by atoms with E-state index < -0.39 is 0 Å². The minimum Gasteiger partial charge on any atom is -0.324 e. The molecule has 0 saturated heterocycles. The second-order valence-corrected chi connectivity index (χ2v) is 5.62. The van der Waals surface area contributed by atoms with Gasteiger partial charge in [0.05, 0.1) is 0 Å². The van der Waals surface area contributed by atoms with Crippen LogP contribution in [0.25, 0.3) is 11.1 Å². The topological polar surface area (TPSA) is 26.0 Å². The van der Waals surface area contributed by atoms with Crippen molar-refractivity contribution in [2.75, 3.05) is 0 Å². The second-order valence-electron chi connectivity index (χ2n) is 5.62. The maximum absolute atomic E-state index is 6.33. The molecule has 0 radical (unpaired) electrons. The Hall–Kier alpha value is -1.60. The SMILES string of the molecule is CC(C)C(C)C(N)c1ccc(-c2ccccc2)cc1. The van der Waals surface area contributed by atoms with Crippen LogP contribution >= 0.6 is 0 Å². The standard InChI is InChI=1S/C18H23N/c1-13(2)14(3)18(19)17-11-9-16(10-12-17)15-7-5-4-6-8-15/h4-14,18H,19H2,1-3H3. The van der Waals surface area contributed by atoms with Crippen molar-refractivity contribution < 1.29 is 0 Å². The molecule has 100 valence electrons. The quantitative estimate of drug-likeness (QED) is 0.843. The van der Waals surface area contributed by atoms with E-state index >= 15 is 0 Å². The van der Waals surface area contributed by atoms with Gasteiger partial charge in [-0.2, -0.15) is 0 Å². The normalized spacial score (nSPS) is 14.4. The highest BCUT2D eigenvalue weighted by Crippen LogP contribution is 2.27. The van der Waals surface area contributed by atoms with Gasteiger partial charge in [0.2, 0.25) is 0 Å². The summed E-state index contributed by atoms with van der Waals surface area (Å²) in [5.74, 6) is 1.09. The number of hydrogen-bond donors (Lipinski definition) is 1. The number of rotatable bonds is 4. The molecule has 0 aliphatic rings. The van der Waals surface area contributed by atoms with Crippen molar-refractivity contribution in [3.05, 3.63) is 60.2 Å². The molecule has 0 bridgehead atoms. The van der Waals surface area contributed by atoms with Gasteiger partial charge in [0.15, 0.2) is 0 Å². The first kappa shape index (κ1) is 13.8. The maximum Gasteiger partial charge on any atom is 0.0323 e. The molecule has 1 heteroatoms. The van der Waals surface area contributed by atoms with E-state index in [-0.39, 0.29) is 6.04 Å². The lowest BCUT2D eigenvalue weighted by Gasteiger charge is -2.23. The maximum atomic E-state index is 6.33. The van der Waals surface area contributed by atoms with Gasteiger partial charge < -0.3 is 5.73 Å². The van der Waals surface area contributed by atoms with Crippen molar-refractivity contribution in [2.24, 2.45) is 17.6 Å². The van der Waals surface area contributed by atoms with Crippen LogP contribution in [0.1, 0.15) is 32.4 Å². The fraction of sp³-hybridized carbons (Fsp3) is 0.333. The first-order chi connectivity index (χ1) is 9.09. The van der Waals surface area contributed by atoms with Crippen molar-refractivity contribution >= 4 is 0 Å². The van der Waals surface area contributed by atoms with Gasteiger partial charge in [0.1, 0.15) is 0 Å². The largest absolute Gasteiger partial charge is 0.324 e. The number of hydrogen-bond acceptors (Lipinski definition) is 1. The van der Waals surface area contributed by atoms with E-state index in [1.54, 1.807) is 0 Å². The molecule has 0 heterocycles. The van der Waals surface area contributed by atoms with Gasteiger partial charge in [0, 0.05) is 6.04 Å². The van der Waals surface area contributed by atoms with E-state index in [4.69, 9.17) is 5.73 Å². The van der Waals surface area contributed by atoms with E-state index in [0.717, 1.165) is 0 Å². The summed E-state index contributed by atoms with van der Waals surface area (Å²) < 4.78 is 0. The summed E-state index contributed by atoms with van der Waals surface area (Å²) in [6.07, 6.45) is 0. The molecule has 2 atom stereocenters. The Labute approximate surface area is 116 Å². The van der Waals surface area contributed by atoms with Crippen molar-refractivity contribution in [1.82, 2.24) is 0 Å². The Morgan fingerprint density at radius 1 is 0.737 bits per heavy atom. The van der Waals surface area contributed by atoms with Crippen LogP contribution in [0, 0.1) is 11.8 Å². The molecule has 0 spiro atoms. The van der Waals surface area contributed by atoms with Gasteiger partial charge >= 0.3 is 0 Å². The average molecular weight is 253 g/mol. The minimum atomic E-state index is 0.116. The Balaban J connectivity index is 2.19. The van der Waals surface area contributed by atoms with Crippen LogP contribution in [-0.2, 0) is 0 Å². The third kappa shape index (κ3) is 3.24. The lowest BCUT2D eigenvalue weighted by atomic mass is 9.86. The highest BCUT2D eigenvalue weighted by Gasteiger charge is 2.17. The lowest BCUT2D eigenvalue weighted by molar-refractivity contribution is 0.352. The molecule has 2 rings (SSSR count). The summed E-state index contributed by atoms with van der Waals surface area (Å²) in [6.45, 7) is 6.67. The fourth-order valence-corrected chi connectivity index (χ4v) is 2.25. The van der Waals surface area contributed by atoms with Gasteiger partial charge in [-0.3, -0.25) is 0 Å². The summed E-state index contributed by atoms with van der Waals surface area (Å²) in [5, 5.41) is 0. The second kappa shape index (κ2) is 6.03. The first-order valence-corrected chi connectivity index (χ1v) is 7.00. The highest BCUT2D eigenvalue weighted by atomic mass is 14.6. The van der Waals surface area contributed by atoms with Gasteiger partial charge in [0.25, 0.3) is 0 Å². The van der Waals surface area contributed by atoms with Crippen LogP contribution in [0.3, 0.4) is 0 Å².